The predicted octanol–water partition coefficient (Wildman–Crippen LogP) is 5.14. The van der Waals surface area contributed by atoms with Crippen molar-refractivity contribution in [2.75, 3.05) is 26.2 Å². The average molecular weight is 405 g/mol. The van der Waals surface area contributed by atoms with Crippen molar-refractivity contribution in [3.63, 3.8) is 0 Å². The lowest BCUT2D eigenvalue weighted by Gasteiger charge is -2.37. The number of hydrogen-bond donors (Lipinski definition) is 1. The standard InChI is InChI=1S/C17H22F6N2.ClH/c1-11(2)9-15(25-7-5-24-6-8-25)13-10-12(16(18,19)20)3-4-14(13)17(21,22)23;/h3-4,10-11,15,24H,5-9H2,1-2H3;1H/t15-;/m1./s1. The smallest absolute Gasteiger partial charge is 0.314 e. The number of alkyl halides is 6. The van der Waals surface area contributed by atoms with Crippen LogP contribution < -0.4 is 5.32 Å². The molecule has 0 amide bonds. The lowest BCUT2D eigenvalue weighted by Crippen LogP contribution is -2.45. The van der Waals surface area contributed by atoms with Crippen molar-refractivity contribution in [3.8, 4) is 0 Å². The highest BCUT2D eigenvalue weighted by atomic mass is 35.5. The van der Waals surface area contributed by atoms with Crippen LogP contribution >= 0.6 is 12.4 Å². The average Bonchev–Trinajstić information content (AvgIpc) is 2.51. The molecular formula is C17H23ClF6N2. The molecule has 1 N–H and O–H groups in total. The lowest BCUT2D eigenvalue weighted by atomic mass is 9.90. The molecule has 26 heavy (non-hydrogen) atoms. The summed E-state index contributed by atoms with van der Waals surface area (Å²) in [6.45, 7) is 5.94. The third-order valence-electron chi connectivity index (χ3n) is 4.33. The van der Waals surface area contributed by atoms with Crippen molar-refractivity contribution in [2.45, 2.75) is 38.7 Å². The second-order valence-electron chi connectivity index (χ2n) is 6.73. The maximum absolute atomic E-state index is 13.4. The fourth-order valence-electron chi connectivity index (χ4n) is 3.19. The SMILES string of the molecule is CC(C)C[C@H](c1cc(C(F)(F)F)ccc1C(F)(F)F)N1CCNCC1.Cl. The zero-order chi connectivity index (χ0) is 18.8. The number of rotatable bonds is 4. The van der Waals surface area contributed by atoms with Crippen molar-refractivity contribution in [2.24, 2.45) is 5.92 Å². The Bertz CT molecular complexity index is 580. The summed E-state index contributed by atoms with van der Waals surface area (Å²) in [5.74, 6) is 0.0514. The third kappa shape index (κ3) is 5.76. The van der Waals surface area contributed by atoms with Crippen LogP contribution in [0.15, 0.2) is 18.2 Å². The first-order valence-electron chi connectivity index (χ1n) is 8.23. The Balaban J connectivity index is 0.00000338. The van der Waals surface area contributed by atoms with Crippen LogP contribution in [-0.2, 0) is 12.4 Å². The van der Waals surface area contributed by atoms with E-state index in [2.05, 4.69) is 5.32 Å². The highest BCUT2D eigenvalue weighted by Crippen LogP contribution is 2.41. The van der Waals surface area contributed by atoms with Gasteiger partial charge in [0.1, 0.15) is 0 Å². The summed E-state index contributed by atoms with van der Waals surface area (Å²) in [7, 11) is 0. The third-order valence-corrected chi connectivity index (χ3v) is 4.33. The maximum Gasteiger partial charge on any atom is 0.416 e. The van der Waals surface area contributed by atoms with E-state index >= 15 is 0 Å². The molecule has 0 aliphatic carbocycles. The lowest BCUT2D eigenvalue weighted by molar-refractivity contribution is -0.142. The molecule has 0 saturated carbocycles. The van der Waals surface area contributed by atoms with Crippen LogP contribution in [0.5, 0.6) is 0 Å². The van der Waals surface area contributed by atoms with E-state index in [0.717, 1.165) is 0 Å². The Labute approximate surface area is 155 Å². The molecule has 1 atom stereocenters. The molecule has 2 rings (SSSR count). The maximum atomic E-state index is 13.4. The zero-order valence-corrected chi connectivity index (χ0v) is 15.4. The van der Waals surface area contributed by atoms with Gasteiger partial charge in [0.2, 0.25) is 0 Å². The summed E-state index contributed by atoms with van der Waals surface area (Å²) in [5, 5.41) is 3.11. The van der Waals surface area contributed by atoms with Gasteiger partial charge in [-0.1, -0.05) is 13.8 Å². The van der Waals surface area contributed by atoms with Gasteiger partial charge in [0.25, 0.3) is 0 Å². The van der Waals surface area contributed by atoms with Crippen LogP contribution in [0.3, 0.4) is 0 Å². The van der Waals surface area contributed by atoms with E-state index in [1.165, 1.54) is 0 Å². The second kappa shape index (κ2) is 8.80. The van der Waals surface area contributed by atoms with E-state index < -0.39 is 29.5 Å². The number of benzene rings is 1. The van der Waals surface area contributed by atoms with Crippen molar-refractivity contribution in [1.29, 1.82) is 0 Å². The molecule has 1 heterocycles. The number of halogens is 7. The van der Waals surface area contributed by atoms with E-state index in [0.29, 0.717) is 50.8 Å². The van der Waals surface area contributed by atoms with Crippen LogP contribution in [-0.4, -0.2) is 31.1 Å². The first-order chi connectivity index (χ1) is 11.5. The van der Waals surface area contributed by atoms with E-state index in [1.54, 1.807) is 0 Å². The summed E-state index contributed by atoms with van der Waals surface area (Å²) in [6, 6.07) is 1.06. The highest BCUT2D eigenvalue weighted by Gasteiger charge is 2.39. The molecule has 2 nitrogen and oxygen atoms in total. The molecule has 0 spiro atoms. The summed E-state index contributed by atoms with van der Waals surface area (Å²) in [5.41, 5.74) is -2.30. The highest BCUT2D eigenvalue weighted by molar-refractivity contribution is 5.85. The van der Waals surface area contributed by atoms with Gasteiger partial charge in [-0.15, -0.1) is 12.4 Å². The molecular weight excluding hydrogens is 382 g/mol. The Kier molecular flexibility index (Phi) is 7.80. The second-order valence-corrected chi connectivity index (χ2v) is 6.73. The van der Waals surface area contributed by atoms with Gasteiger partial charge in [-0.05, 0) is 36.1 Å². The molecule has 0 radical (unpaired) electrons. The molecule has 1 saturated heterocycles. The quantitative estimate of drug-likeness (QED) is 0.699. The van der Waals surface area contributed by atoms with Gasteiger partial charge in [0.15, 0.2) is 0 Å². The Morgan fingerprint density at radius 3 is 2.04 bits per heavy atom. The number of nitrogens with one attached hydrogen (secondary N) is 1. The first-order valence-corrected chi connectivity index (χ1v) is 8.23. The molecule has 0 unspecified atom stereocenters. The molecule has 1 aliphatic heterocycles. The molecule has 1 aliphatic rings. The fraction of sp³-hybridized carbons (Fsp3) is 0.647. The van der Waals surface area contributed by atoms with Crippen molar-refractivity contribution in [3.05, 3.63) is 34.9 Å². The topological polar surface area (TPSA) is 15.3 Å². The molecule has 1 fully saturated rings. The largest absolute Gasteiger partial charge is 0.416 e. The van der Waals surface area contributed by atoms with E-state index in [-0.39, 0.29) is 23.9 Å². The van der Waals surface area contributed by atoms with Crippen molar-refractivity contribution in [1.82, 2.24) is 10.2 Å². The molecule has 150 valence electrons. The minimum absolute atomic E-state index is 0. The number of piperazine rings is 1. The summed E-state index contributed by atoms with van der Waals surface area (Å²) < 4.78 is 79.5. The summed E-state index contributed by atoms with van der Waals surface area (Å²) in [4.78, 5) is 1.85. The molecule has 9 heteroatoms. The van der Waals surface area contributed by atoms with Gasteiger partial charge in [-0.2, -0.15) is 26.3 Å². The number of hydrogen-bond acceptors (Lipinski definition) is 2. The van der Waals surface area contributed by atoms with Gasteiger partial charge in [0.05, 0.1) is 11.1 Å². The van der Waals surface area contributed by atoms with Crippen LogP contribution in [0.25, 0.3) is 0 Å². The fourth-order valence-corrected chi connectivity index (χ4v) is 3.19. The Hall–Kier alpha value is -0.990. The minimum atomic E-state index is -4.69. The Morgan fingerprint density at radius 2 is 1.58 bits per heavy atom. The van der Waals surface area contributed by atoms with Gasteiger partial charge in [-0.25, -0.2) is 0 Å². The normalized spacial score (nSPS) is 17.9. The van der Waals surface area contributed by atoms with Crippen LogP contribution in [0.2, 0.25) is 0 Å². The Morgan fingerprint density at radius 1 is 1.00 bits per heavy atom. The van der Waals surface area contributed by atoms with Crippen LogP contribution in [0.1, 0.15) is 43.0 Å². The molecule has 1 aromatic carbocycles. The predicted molar refractivity (Wildman–Crippen MR) is 90.3 cm³/mol. The monoisotopic (exact) mass is 404 g/mol. The van der Waals surface area contributed by atoms with Gasteiger partial charge in [0, 0.05) is 32.2 Å². The number of nitrogens with zero attached hydrogens (tertiary/aromatic N) is 1. The zero-order valence-electron chi connectivity index (χ0n) is 14.5. The van der Waals surface area contributed by atoms with Crippen LogP contribution in [0, 0.1) is 5.92 Å². The van der Waals surface area contributed by atoms with Crippen molar-refractivity contribution >= 4 is 12.4 Å². The summed E-state index contributed by atoms with van der Waals surface area (Å²) in [6.07, 6.45) is -9.00. The van der Waals surface area contributed by atoms with E-state index in [4.69, 9.17) is 0 Å². The van der Waals surface area contributed by atoms with Crippen LogP contribution in [0.4, 0.5) is 26.3 Å². The molecule has 0 bridgehead atoms. The van der Waals surface area contributed by atoms with E-state index in [1.807, 2.05) is 18.7 Å². The van der Waals surface area contributed by atoms with Crippen molar-refractivity contribution < 1.29 is 26.3 Å². The molecule has 1 aromatic rings. The first kappa shape index (κ1) is 23.0. The molecule has 0 aromatic heterocycles. The van der Waals surface area contributed by atoms with Gasteiger partial charge < -0.3 is 5.32 Å². The summed E-state index contributed by atoms with van der Waals surface area (Å²) >= 11 is 0. The minimum Gasteiger partial charge on any atom is -0.314 e. The van der Waals surface area contributed by atoms with E-state index in [9.17, 15) is 26.3 Å². The van der Waals surface area contributed by atoms with Gasteiger partial charge in [-0.3, -0.25) is 4.90 Å². The van der Waals surface area contributed by atoms with Gasteiger partial charge >= 0.3 is 12.4 Å².